The van der Waals surface area contributed by atoms with Gasteiger partial charge in [0.1, 0.15) is 11.4 Å². The fraction of sp³-hybridized carbons (Fsp3) is 0.741. The second-order valence-electron chi connectivity index (χ2n) is 13.1. The molecule has 3 atom stereocenters. The van der Waals surface area contributed by atoms with Gasteiger partial charge in [-0.1, -0.05) is 18.2 Å². The fourth-order valence-electron chi connectivity index (χ4n) is 4.98. The minimum absolute atomic E-state index is 0.0194. The summed E-state index contributed by atoms with van der Waals surface area (Å²) in [6.07, 6.45) is 0.0522. The largest absolute Gasteiger partial charge is 0.497 e. The lowest BCUT2D eigenvalue weighted by atomic mass is 9.77. The van der Waals surface area contributed by atoms with Gasteiger partial charge in [0.25, 0.3) is 0 Å². The van der Waals surface area contributed by atoms with E-state index in [2.05, 4.69) is 4.72 Å². The Balaban J connectivity index is 1.66. The first-order valence-electron chi connectivity index (χ1n) is 13.8. The van der Waals surface area contributed by atoms with Crippen LogP contribution in [-0.2, 0) is 30.5 Å². The average molecular weight is 603 g/mol. The second kappa shape index (κ2) is 10.7. The van der Waals surface area contributed by atoms with E-state index in [1.54, 1.807) is 39.0 Å². The number of halogens is 2. The number of hydrogen-bond donors (Lipinski definition) is 2. The first kappa shape index (κ1) is 31.5. The average Bonchev–Trinajstić information content (AvgIpc) is 3.54. The minimum Gasteiger partial charge on any atom is -0.444 e. The Morgan fingerprint density at radius 1 is 1.20 bits per heavy atom. The summed E-state index contributed by atoms with van der Waals surface area (Å²) in [6.45, 7) is 13.0. The zero-order valence-corrected chi connectivity index (χ0v) is 26.0. The van der Waals surface area contributed by atoms with Crippen molar-refractivity contribution in [2.24, 2.45) is 0 Å². The highest BCUT2D eigenvalue weighted by Gasteiger charge is 2.57. The quantitative estimate of drug-likeness (QED) is 0.376. The number of likely N-dealkylation sites (tertiary alicyclic amines) is 1. The summed E-state index contributed by atoms with van der Waals surface area (Å²) in [5.41, 5.74) is -1.59. The fourth-order valence-corrected chi connectivity index (χ4v) is 7.09. The van der Waals surface area contributed by atoms with E-state index >= 15 is 4.39 Å². The number of rotatable bonds is 6. The predicted molar refractivity (Wildman–Crippen MR) is 153 cm³/mol. The summed E-state index contributed by atoms with van der Waals surface area (Å²) < 4.78 is 76.5. The number of thiol groups is 1. The van der Waals surface area contributed by atoms with Crippen LogP contribution in [0.1, 0.15) is 79.7 Å². The molecule has 1 amide bonds. The van der Waals surface area contributed by atoms with Gasteiger partial charge in [-0.15, -0.1) is 0 Å². The van der Waals surface area contributed by atoms with Crippen LogP contribution in [-0.4, -0.2) is 72.2 Å². The third-order valence-corrected chi connectivity index (χ3v) is 10.9. The molecule has 40 heavy (non-hydrogen) atoms. The van der Waals surface area contributed by atoms with Crippen LogP contribution in [0, 0.1) is 5.82 Å². The number of nitrogens with one attached hydrogen (secondary N) is 1. The van der Waals surface area contributed by atoms with Crippen molar-refractivity contribution in [3.8, 4) is 0 Å². The predicted octanol–water partition coefficient (Wildman–Crippen LogP) is 4.11. The molecule has 1 saturated carbocycles. The molecule has 2 saturated heterocycles. The lowest BCUT2D eigenvalue weighted by Gasteiger charge is -2.36. The third kappa shape index (κ3) is 6.33. The number of carbonyl (C=O) groups excluding carboxylic acids is 1. The summed E-state index contributed by atoms with van der Waals surface area (Å²) in [7, 11) is -5.18. The smallest absolute Gasteiger partial charge is 0.444 e. The van der Waals surface area contributed by atoms with Crippen molar-refractivity contribution in [2.75, 3.05) is 6.54 Å². The number of sulfonamides is 1. The molecule has 0 aromatic heterocycles. The van der Waals surface area contributed by atoms with E-state index in [4.69, 9.17) is 26.7 Å². The molecule has 0 bridgehead atoms. The van der Waals surface area contributed by atoms with E-state index in [0.717, 1.165) is 0 Å². The molecular weight excluding hydrogens is 561 g/mol. The lowest BCUT2D eigenvalue weighted by molar-refractivity contribution is 0.00578. The number of benzene rings is 1. The maximum absolute atomic E-state index is 16.1. The van der Waals surface area contributed by atoms with Gasteiger partial charge in [-0.2, -0.15) is 12.6 Å². The van der Waals surface area contributed by atoms with Crippen LogP contribution < -0.4 is 10.2 Å². The molecular formula is C27H41BF2N2O6S2. The topological polar surface area (TPSA) is 94.2 Å². The van der Waals surface area contributed by atoms with E-state index < -0.39 is 68.2 Å². The van der Waals surface area contributed by atoms with Gasteiger partial charge in [0.2, 0.25) is 15.0 Å². The van der Waals surface area contributed by atoms with Gasteiger partial charge in [-0.3, -0.25) is 0 Å². The van der Waals surface area contributed by atoms with Gasteiger partial charge >= 0.3 is 13.2 Å². The maximum atomic E-state index is 16.1. The highest BCUT2D eigenvalue weighted by atomic mass is 32.2. The Bertz CT molecular complexity index is 1220. The van der Waals surface area contributed by atoms with Crippen molar-refractivity contribution in [3.05, 3.63) is 29.6 Å². The van der Waals surface area contributed by atoms with Crippen LogP contribution in [0.3, 0.4) is 0 Å². The summed E-state index contributed by atoms with van der Waals surface area (Å²) in [4.78, 5) is 14.8. The Hall–Kier alpha value is -1.41. The highest BCUT2D eigenvalue weighted by molar-refractivity contribution is 7.91. The number of ether oxygens (including phenoxy) is 1. The van der Waals surface area contributed by atoms with E-state index in [9.17, 15) is 17.6 Å². The summed E-state index contributed by atoms with van der Waals surface area (Å²) in [5, 5.41) is -3.05. The molecule has 0 radical (unpaired) electrons. The molecule has 2 heterocycles. The van der Waals surface area contributed by atoms with Crippen molar-refractivity contribution in [1.29, 1.82) is 0 Å². The molecule has 13 heteroatoms. The Morgan fingerprint density at radius 3 is 2.35 bits per heavy atom. The molecule has 2 aliphatic heterocycles. The van der Waals surface area contributed by atoms with E-state index in [1.165, 1.54) is 4.90 Å². The van der Waals surface area contributed by atoms with Crippen molar-refractivity contribution in [3.63, 3.8) is 0 Å². The molecule has 0 spiro atoms. The van der Waals surface area contributed by atoms with Crippen LogP contribution in [0.2, 0.25) is 0 Å². The van der Waals surface area contributed by atoms with Gasteiger partial charge in [0, 0.05) is 36.1 Å². The van der Waals surface area contributed by atoms with Crippen LogP contribution in [0.25, 0.3) is 0 Å². The summed E-state index contributed by atoms with van der Waals surface area (Å²) >= 11 is 4.77. The van der Waals surface area contributed by atoms with E-state index in [1.807, 2.05) is 27.7 Å². The SMILES string of the molecule is CC(C)(C)OC(=O)N1CCC[C@H](NS(=O)(=O)C2(F)CC2)C(S)[C@@H]1Cc1cccc(B2OC(C)(C)C(C)(C)O2)c1F. The lowest BCUT2D eigenvalue weighted by Crippen LogP contribution is -2.54. The maximum Gasteiger partial charge on any atom is 0.497 e. The molecule has 1 unspecified atom stereocenters. The van der Waals surface area contributed by atoms with Gasteiger partial charge in [0.15, 0.2) is 0 Å². The van der Waals surface area contributed by atoms with Gasteiger partial charge < -0.3 is 18.9 Å². The van der Waals surface area contributed by atoms with Crippen LogP contribution >= 0.6 is 12.6 Å². The van der Waals surface area contributed by atoms with Crippen molar-refractivity contribution in [1.82, 2.24) is 9.62 Å². The minimum atomic E-state index is -4.25. The van der Waals surface area contributed by atoms with Crippen LogP contribution in [0.4, 0.5) is 13.6 Å². The van der Waals surface area contributed by atoms with Crippen molar-refractivity contribution in [2.45, 2.75) is 120 Å². The Labute approximate surface area is 242 Å². The van der Waals surface area contributed by atoms with Gasteiger partial charge in [-0.25, -0.2) is 26.7 Å². The number of carbonyl (C=O) groups is 1. The van der Waals surface area contributed by atoms with E-state index in [0.29, 0.717) is 12.8 Å². The molecule has 3 aliphatic rings. The molecule has 1 aliphatic carbocycles. The number of amides is 1. The monoisotopic (exact) mass is 602 g/mol. The Morgan fingerprint density at radius 2 is 1.80 bits per heavy atom. The molecule has 1 aromatic rings. The molecule has 3 fully saturated rings. The highest BCUT2D eigenvalue weighted by Crippen LogP contribution is 2.45. The molecule has 8 nitrogen and oxygen atoms in total. The molecule has 4 rings (SSSR count). The first-order valence-corrected chi connectivity index (χ1v) is 15.8. The van der Waals surface area contributed by atoms with Crippen LogP contribution in [0.15, 0.2) is 18.2 Å². The first-order chi connectivity index (χ1) is 18.3. The zero-order valence-electron chi connectivity index (χ0n) is 24.3. The Kier molecular flexibility index (Phi) is 8.43. The van der Waals surface area contributed by atoms with Crippen molar-refractivity contribution < 1.29 is 36.0 Å². The summed E-state index contributed by atoms with van der Waals surface area (Å²) in [6, 6.07) is 3.38. The zero-order chi connectivity index (χ0) is 29.9. The number of nitrogens with zero attached hydrogens (tertiary/aromatic N) is 1. The number of hydrogen-bond acceptors (Lipinski definition) is 7. The standard InChI is InChI=1S/C27H41BF2N2O6S2/c1-24(2,3)36-23(33)32-15-9-12-19(31-40(34,35)27(30)13-14-27)22(39)20(32)16-17-10-8-11-18(21(17)29)28-37-25(4,5)26(6,7)38-28/h8,10-11,19-20,22,31,39H,9,12-16H2,1-7H3/t19-,20-,22?/m0/s1. The van der Waals surface area contributed by atoms with Crippen LogP contribution in [0.5, 0.6) is 0 Å². The molecule has 1 N–H and O–H groups in total. The molecule has 224 valence electrons. The van der Waals surface area contributed by atoms with Gasteiger partial charge in [0.05, 0.1) is 17.2 Å². The van der Waals surface area contributed by atoms with Crippen molar-refractivity contribution >= 4 is 41.3 Å². The van der Waals surface area contributed by atoms with E-state index in [-0.39, 0.29) is 36.8 Å². The normalized spacial score (nSPS) is 27.8. The molecule has 1 aromatic carbocycles. The number of alkyl halides is 1. The summed E-state index contributed by atoms with van der Waals surface area (Å²) in [5.74, 6) is -0.534. The second-order valence-corrected chi connectivity index (χ2v) is 15.7. The van der Waals surface area contributed by atoms with Gasteiger partial charge in [-0.05, 0) is 73.3 Å². The third-order valence-electron chi connectivity index (χ3n) is 8.22.